The predicted octanol–water partition coefficient (Wildman–Crippen LogP) is 1.59. The number of aryl methyl sites for hydroxylation is 1. The van der Waals surface area contributed by atoms with Gasteiger partial charge < -0.3 is 10.2 Å². The van der Waals surface area contributed by atoms with E-state index in [0.29, 0.717) is 6.04 Å². The number of hydrogen-bond donors (Lipinski definition) is 1. The van der Waals surface area contributed by atoms with Crippen LogP contribution in [0, 0.1) is 0 Å². The Morgan fingerprint density at radius 2 is 2.06 bits per heavy atom. The largest absolute Gasteiger partial charge is 0.309 e. The van der Waals surface area contributed by atoms with E-state index < -0.39 is 0 Å². The lowest BCUT2D eigenvalue weighted by Crippen LogP contribution is -2.30. The Morgan fingerprint density at radius 3 is 2.56 bits per heavy atom. The standard InChI is InChI=1S/C13H27N5/c1-5-9-14-12(8-10-18(6-2)7-3)13-11-15-16-17(13)4/h11-12,14H,5-10H2,1-4H3. The molecule has 5 nitrogen and oxygen atoms in total. The average molecular weight is 253 g/mol. The fourth-order valence-corrected chi connectivity index (χ4v) is 2.14. The fraction of sp³-hybridized carbons (Fsp3) is 0.846. The summed E-state index contributed by atoms with van der Waals surface area (Å²) in [6.45, 7) is 11.0. The van der Waals surface area contributed by atoms with E-state index in [9.17, 15) is 0 Å². The second-order valence-corrected chi connectivity index (χ2v) is 4.60. The fourth-order valence-electron chi connectivity index (χ4n) is 2.14. The first-order valence-corrected chi connectivity index (χ1v) is 7.03. The second-order valence-electron chi connectivity index (χ2n) is 4.60. The van der Waals surface area contributed by atoms with Crippen LogP contribution in [0.3, 0.4) is 0 Å². The van der Waals surface area contributed by atoms with Crippen molar-refractivity contribution in [1.82, 2.24) is 25.2 Å². The molecule has 0 aliphatic rings. The van der Waals surface area contributed by atoms with Crippen molar-refractivity contribution < 1.29 is 0 Å². The smallest absolute Gasteiger partial charge is 0.0753 e. The van der Waals surface area contributed by atoms with Gasteiger partial charge in [0.1, 0.15) is 0 Å². The molecule has 0 aliphatic carbocycles. The molecule has 0 spiro atoms. The van der Waals surface area contributed by atoms with E-state index in [4.69, 9.17) is 0 Å². The number of rotatable bonds is 9. The van der Waals surface area contributed by atoms with Crippen LogP contribution >= 0.6 is 0 Å². The SMILES string of the molecule is CCCNC(CCN(CC)CC)c1cnnn1C. The minimum Gasteiger partial charge on any atom is -0.309 e. The van der Waals surface area contributed by atoms with E-state index in [1.165, 1.54) is 5.69 Å². The molecule has 0 amide bonds. The minimum absolute atomic E-state index is 0.352. The lowest BCUT2D eigenvalue weighted by molar-refractivity contribution is 0.279. The Labute approximate surface area is 111 Å². The summed E-state index contributed by atoms with van der Waals surface area (Å²) in [5.74, 6) is 0. The Hall–Kier alpha value is -0.940. The molecule has 18 heavy (non-hydrogen) atoms. The van der Waals surface area contributed by atoms with Gasteiger partial charge in [-0.1, -0.05) is 26.0 Å². The summed E-state index contributed by atoms with van der Waals surface area (Å²) in [4.78, 5) is 2.45. The maximum Gasteiger partial charge on any atom is 0.0753 e. The van der Waals surface area contributed by atoms with Gasteiger partial charge in [0, 0.05) is 7.05 Å². The van der Waals surface area contributed by atoms with E-state index in [1.54, 1.807) is 0 Å². The average Bonchev–Trinajstić information content (AvgIpc) is 2.80. The summed E-state index contributed by atoms with van der Waals surface area (Å²) in [6, 6.07) is 0.352. The van der Waals surface area contributed by atoms with Gasteiger partial charge in [-0.05, 0) is 39.0 Å². The van der Waals surface area contributed by atoms with E-state index in [0.717, 1.165) is 39.0 Å². The third-order valence-corrected chi connectivity index (χ3v) is 3.38. The van der Waals surface area contributed by atoms with Crippen LogP contribution in [0.4, 0.5) is 0 Å². The van der Waals surface area contributed by atoms with Crippen LogP contribution in [0.1, 0.15) is 45.3 Å². The molecule has 0 aromatic carbocycles. The number of nitrogens with zero attached hydrogens (tertiary/aromatic N) is 4. The van der Waals surface area contributed by atoms with E-state index in [-0.39, 0.29) is 0 Å². The molecule has 0 saturated heterocycles. The first kappa shape index (κ1) is 15.1. The summed E-state index contributed by atoms with van der Waals surface area (Å²) >= 11 is 0. The highest BCUT2D eigenvalue weighted by Gasteiger charge is 2.15. The van der Waals surface area contributed by atoms with E-state index in [1.807, 2.05) is 17.9 Å². The highest BCUT2D eigenvalue weighted by molar-refractivity contribution is 5.01. The number of nitrogens with one attached hydrogen (secondary N) is 1. The molecule has 1 N–H and O–H groups in total. The van der Waals surface area contributed by atoms with Gasteiger partial charge >= 0.3 is 0 Å². The first-order chi connectivity index (χ1) is 8.72. The van der Waals surface area contributed by atoms with Gasteiger partial charge in [0.25, 0.3) is 0 Å². The lowest BCUT2D eigenvalue weighted by atomic mass is 10.1. The first-order valence-electron chi connectivity index (χ1n) is 7.03. The Morgan fingerprint density at radius 1 is 1.33 bits per heavy atom. The van der Waals surface area contributed by atoms with Crippen LogP contribution in [0.25, 0.3) is 0 Å². The van der Waals surface area contributed by atoms with Crippen LogP contribution < -0.4 is 5.32 Å². The number of hydrogen-bond acceptors (Lipinski definition) is 4. The van der Waals surface area contributed by atoms with Crippen molar-refractivity contribution in [3.05, 3.63) is 11.9 Å². The molecule has 1 atom stereocenters. The summed E-state index contributed by atoms with van der Waals surface area (Å²) in [7, 11) is 1.96. The van der Waals surface area contributed by atoms with Crippen molar-refractivity contribution in [2.75, 3.05) is 26.2 Å². The quantitative estimate of drug-likeness (QED) is 0.726. The highest BCUT2D eigenvalue weighted by atomic mass is 15.4. The van der Waals surface area contributed by atoms with Crippen molar-refractivity contribution >= 4 is 0 Å². The van der Waals surface area contributed by atoms with Crippen LogP contribution in [0.2, 0.25) is 0 Å². The summed E-state index contributed by atoms with van der Waals surface area (Å²) < 4.78 is 1.87. The van der Waals surface area contributed by atoms with Crippen molar-refractivity contribution in [2.24, 2.45) is 7.05 Å². The maximum absolute atomic E-state index is 4.03. The van der Waals surface area contributed by atoms with Gasteiger partial charge in [-0.2, -0.15) is 0 Å². The zero-order chi connectivity index (χ0) is 13.4. The Balaban J connectivity index is 2.59. The van der Waals surface area contributed by atoms with Gasteiger partial charge in [0.2, 0.25) is 0 Å². The Kier molecular flexibility index (Phi) is 6.90. The Bertz CT molecular complexity index is 319. The van der Waals surface area contributed by atoms with Gasteiger partial charge in [-0.15, -0.1) is 5.10 Å². The molecule has 0 fully saturated rings. The zero-order valence-electron chi connectivity index (χ0n) is 12.2. The van der Waals surface area contributed by atoms with Crippen molar-refractivity contribution in [2.45, 2.75) is 39.7 Å². The van der Waals surface area contributed by atoms with Gasteiger partial charge in [-0.25, -0.2) is 0 Å². The zero-order valence-corrected chi connectivity index (χ0v) is 12.2. The van der Waals surface area contributed by atoms with Crippen LogP contribution in [0.5, 0.6) is 0 Å². The third kappa shape index (κ3) is 4.38. The van der Waals surface area contributed by atoms with Gasteiger partial charge in [-0.3, -0.25) is 4.68 Å². The maximum atomic E-state index is 4.03. The third-order valence-electron chi connectivity index (χ3n) is 3.38. The molecule has 0 radical (unpaired) electrons. The molecule has 1 aromatic heterocycles. The predicted molar refractivity (Wildman–Crippen MR) is 74.4 cm³/mol. The van der Waals surface area contributed by atoms with Crippen molar-refractivity contribution in [1.29, 1.82) is 0 Å². The second kappa shape index (κ2) is 8.21. The molecule has 1 rings (SSSR count). The van der Waals surface area contributed by atoms with Crippen LogP contribution in [-0.4, -0.2) is 46.1 Å². The molecule has 1 aromatic rings. The van der Waals surface area contributed by atoms with Crippen molar-refractivity contribution in [3.8, 4) is 0 Å². The molecular weight excluding hydrogens is 226 g/mol. The van der Waals surface area contributed by atoms with Gasteiger partial charge in [0.15, 0.2) is 0 Å². The molecule has 0 bridgehead atoms. The van der Waals surface area contributed by atoms with Crippen molar-refractivity contribution in [3.63, 3.8) is 0 Å². The summed E-state index contributed by atoms with van der Waals surface area (Å²) in [5, 5.41) is 11.6. The topological polar surface area (TPSA) is 46.0 Å². The number of aromatic nitrogens is 3. The molecule has 5 heteroatoms. The molecule has 104 valence electrons. The molecule has 1 heterocycles. The molecular formula is C13H27N5. The summed E-state index contributed by atoms with van der Waals surface area (Å²) in [5.41, 5.74) is 1.18. The normalized spacial score (nSPS) is 13.2. The minimum atomic E-state index is 0.352. The lowest BCUT2D eigenvalue weighted by Gasteiger charge is -2.23. The molecule has 0 saturated carbocycles. The monoisotopic (exact) mass is 253 g/mol. The summed E-state index contributed by atoms with van der Waals surface area (Å²) in [6.07, 6.45) is 4.12. The van der Waals surface area contributed by atoms with E-state index in [2.05, 4.69) is 41.3 Å². The highest BCUT2D eigenvalue weighted by Crippen LogP contribution is 2.15. The van der Waals surface area contributed by atoms with E-state index >= 15 is 0 Å². The molecule has 1 unspecified atom stereocenters. The van der Waals surface area contributed by atoms with Crippen LogP contribution in [-0.2, 0) is 7.05 Å². The van der Waals surface area contributed by atoms with Crippen LogP contribution in [0.15, 0.2) is 6.20 Å². The molecule has 0 aliphatic heterocycles. The van der Waals surface area contributed by atoms with Gasteiger partial charge in [0.05, 0.1) is 17.9 Å².